The standard InChI is InChI=1S/C4H10O3.OS/c5-1-3-7-4-2-6;1-2/h5-6H,1-4H2;. The van der Waals surface area contributed by atoms with E-state index in [9.17, 15) is 0 Å². The summed E-state index contributed by atoms with van der Waals surface area (Å²) in [6.07, 6.45) is 0. The molecule has 0 rings (SSSR count). The summed E-state index contributed by atoms with van der Waals surface area (Å²) in [5.74, 6) is 0. The summed E-state index contributed by atoms with van der Waals surface area (Å²) in [6.45, 7) is 0.696. The van der Waals surface area contributed by atoms with Gasteiger partial charge < -0.3 is 14.9 Å². The average molecular weight is 154 g/mol. The first-order valence-corrected chi connectivity index (χ1v) is 2.71. The molecule has 0 spiro atoms. The molecule has 0 unspecified atom stereocenters. The van der Waals surface area contributed by atoms with Crippen molar-refractivity contribution < 1.29 is 19.2 Å². The molecule has 0 saturated carbocycles. The maximum atomic E-state index is 8.09. The van der Waals surface area contributed by atoms with E-state index in [1.54, 1.807) is 0 Å². The van der Waals surface area contributed by atoms with Gasteiger partial charge in [0.15, 0.2) is 12.5 Å². The Morgan fingerprint density at radius 3 is 1.67 bits per heavy atom. The molecule has 0 aromatic heterocycles. The van der Waals surface area contributed by atoms with Crippen molar-refractivity contribution in [1.82, 2.24) is 0 Å². The van der Waals surface area contributed by atoms with E-state index in [1.807, 2.05) is 0 Å². The molecule has 0 amide bonds. The van der Waals surface area contributed by atoms with Gasteiger partial charge >= 0.3 is 0 Å². The van der Waals surface area contributed by atoms with Crippen LogP contribution in [0.25, 0.3) is 0 Å². The lowest BCUT2D eigenvalue weighted by Gasteiger charge is -1.94. The molecule has 0 aliphatic heterocycles. The highest BCUT2D eigenvalue weighted by Gasteiger charge is 1.79. The third-order valence-electron chi connectivity index (χ3n) is 0.471. The molecular formula is C4H10O4S. The van der Waals surface area contributed by atoms with Crippen LogP contribution in [0, 0.1) is 0 Å². The predicted octanol–water partition coefficient (Wildman–Crippen LogP) is -1.35. The van der Waals surface area contributed by atoms with E-state index in [0.717, 1.165) is 0 Å². The van der Waals surface area contributed by atoms with Gasteiger partial charge in [0.1, 0.15) is 0 Å². The fraction of sp³-hybridized carbons (Fsp3) is 1.00. The maximum Gasteiger partial charge on any atom is 0.197 e. The van der Waals surface area contributed by atoms with Crippen molar-refractivity contribution in [2.24, 2.45) is 0 Å². The van der Waals surface area contributed by atoms with Crippen LogP contribution in [0.15, 0.2) is 0 Å². The minimum absolute atomic E-state index is 0.0278. The molecular weight excluding hydrogens is 144 g/mol. The van der Waals surface area contributed by atoms with Gasteiger partial charge in [-0.1, -0.05) is 0 Å². The zero-order chi connectivity index (χ0) is 7.54. The number of aliphatic hydroxyl groups excluding tert-OH is 2. The van der Waals surface area contributed by atoms with Crippen molar-refractivity contribution in [2.45, 2.75) is 0 Å². The van der Waals surface area contributed by atoms with Gasteiger partial charge in [0.05, 0.1) is 26.4 Å². The Morgan fingerprint density at radius 2 is 1.44 bits per heavy atom. The average Bonchev–Trinajstić information content (AvgIpc) is 1.94. The normalized spacial score (nSPS) is 7.78. The van der Waals surface area contributed by atoms with Crippen molar-refractivity contribution in [3.63, 3.8) is 0 Å². The van der Waals surface area contributed by atoms with Gasteiger partial charge in [-0.3, -0.25) is 0 Å². The summed E-state index contributed by atoms with van der Waals surface area (Å²) in [5, 5.41) is 16.2. The molecule has 0 aliphatic rings. The third kappa shape index (κ3) is 18.1. The van der Waals surface area contributed by atoms with Crippen LogP contribution in [0.3, 0.4) is 0 Å². The molecule has 0 aromatic carbocycles. The second-order valence-corrected chi connectivity index (χ2v) is 1.06. The Kier molecular flexibility index (Phi) is 20.3. The second kappa shape index (κ2) is 15.7. The van der Waals surface area contributed by atoms with Gasteiger partial charge in [0, 0.05) is 0 Å². The molecule has 4 nitrogen and oxygen atoms in total. The van der Waals surface area contributed by atoms with Gasteiger partial charge in [-0.2, -0.15) is 4.21 Å². The van der Waals surface area contributed by atoms with Crippen LogP contribution < -0.4 is 0 Å². The Balaban J connectivity index is 0. The maximum absolute atomic E-state index is 8.09. The van der Waals surface area contributed by atoms with Crippen molar-refractivity contribution >= 4 is 12.5 Å². The molecule has 0 heterocycles. The molecule has 56 valence electrons. The van der Waals surface area contributed by atoms with Crippen LogP contribution in [0.4, 0.5) is 0 Å². The summed E-state index contributed by atoms with van der Waals surface area (Å²) in [5.41, 5.74) is 0. The molecule has 0 atom stereocenters. The lowest BCUT2D eigenvalue weighted by molar-refractivity contribution is 0.0650. The number of aliphatic hydroxyl groups is 2. The van der Waals surface area contributed by atoms with Crippen molar-refractivity contribution in [2.75, 3.05) is 26.4 Å². The summed E-state index contributed by atoms with van der Waals surface area (Å²) in [7, 11) is 0. The van der Waals surface area contributed by atoms with E-state index in [-0.39, 0.29) is 13.2 Å². The lowest BCUT2D eigenvalue weighted by Crippen LogP contribution is -2.03. The number of hydrogen-bond donors (Lipinski definition) is 2. The van der Waals surface area contributed by atoms with Gasteiger partial charge in [-0.15, -0.1) is 0 Å². The molecule has 0 aliphatic carbocycles. The van der Waals surface area contributed by atoms with E-state index >= 15 is 0 Å². The minimum atomic E-state index is 0.0278. The molecule has 0 aromatic rings. The third-order valence-corrected chi connectivity index (χ3v) is 0.471. The van der Waals surface area contributed by atoms with E-state index in [2.05, 4.69) is 17.3 Å². The van der Waals surface area contributed by atoms with Crippen LogP contribution in [0.2, 0.25) is 0 Å². The quantitative estimate of drug-likeness (QED) is 0.490. The molecule has 0 saturated heterocycles. The van der Waals surface area contributed by atoms with E-state index in [1.165, 1.54) is 0 Å². The summed E-state index contributed by atoms with van der Waals surface area (Å²) >= 11 is 2.83. The SMILES string of the molecule is O=S.OCCOCCO. The number of hydrogen-bond acceptors (Lipinski definition) is 5. The van der Waals surface area contributed by atoms with Crippen LogP contribution in [0.5, 0.6) is 0 Å². The Morgan fingerprint density at radius 1 is 1.11 bits per heavy atom. The van der Waals surface area contributed by atoms with E-state index in [0.29, 0.717) is 13.2 Å². The molecule has 5 heteroatoms. The Hall–Kier alpha value is -0.100. The van der Waals surface area contributed by atoms with Crippen molar-refractivity contribution in [1.29, 1.82) is 0 Å². The zero-order valence-corrected chi connectivity index (χ0v) is 5.76. The highest BCUT2D eigenvalue weighted by atomic mass is 32.1. The van der Waals surface area contributed by atoms with Crippen molar-refractivity contribution in [3.05, 3.63) is 0 Å². The fourth-order valence-electron chi connectivity index (χ4n) is 0.231. The second-order valence-electron chi connectivity index (χ2n) is 1.06. The van der Waals surface area contributed by atoms with Crippen LogP contribution in [-0.4, -0.2) is 40.8 Å². The van der Waals surface area contributed by atoms with E-state index in [4.69, 9.17) is 14.4 Å². The number of ether oxygens (including phenoxy) is 1. The molecule has 0 radical (unpaired) electrons. The number of rotatable bonds is 4. The topological polar surface area (TPSA) is 66.8 Å². The van der Waals surface area contributed by atoms with Crippen LogP contribution in [0.1, 0.15) is 0 Å². The largest absolute Gasteiger partial charge is 0.394 e. The molecule has 9 heavy (non-hydrogen) atoms. The van der Waals surface area contributed by atoms with Gasteiger partial charge in [-0.05, 0) is 0 Å². The predicted molar refractivity (Wildman–Crippen MR) is 33.1 cm³/mol. The zero-order valence-electron chi connectivity index (χ0n) is 4.95. The van der Waals surface area contributed by atoms with Gasteiger partial charge in [-0.25, -0.2) is 0 Å². The van der Waals surface area contributed by atoms with E-state index < -0.39 is 0 Å². The monoisotopic (exact) mass is 154 g/mol. The molecule has 2 N–H and O–H groups in total. The van der Waals surface area contributed by atoms with Crippen molar-refractivity contribution in [3.8, 4) is 0 Å². The van der Waals surface area contributed by atoms with Crippen LogP contribution >= 0.6 is 0 Å². The summed E-state index contributed by atoms with van der Waals surface area (Å²) in [6, 6.07) is 0. The Labute approximate surface area is 59.0 Å². The first-order valence-electron chi connectivity index (χ1n) is 2.38. The lowest BCUT2D eigenvalue weighted by atomic mass is 10.7. The molecule has 0 bridgehead atoms. The first kappa shape index (κ1) is 11.7. The highest BCUT2D eigenvalue weighted by Crippen LogP contribution is 1.68. The first-order chi connectivity index (χ1) is 4.41. The smallest absolute Gasteiger partial charge is 0.197 e. The minimum Gasteiger partial charge on any atom is -0.394 e. The Bertz CT molecular complexity index is 39.5. The summed E-state index contributed by atoms with van der Waals surface area (Å²) < 4.78 is 12.5. The van der Waals surface area contributed by atoms with Crippen LogP contribution in [-0.2, 0) is 17.3 Å². The van der Waals surface area contributed by atoms with Gasteiger partial charge in [0.25, 0.3) is 0 Å². The molecule has 0 fully saturated rings. The van der Waals surface area contributed by atoms with Gasteiger partial charge in [0.2, 0.25) is 0 Å². The fourth-order valence-corrected chi connectivity index (χ4v) is 0.231. The summed E-state index contributed by atoms with van der Waals surface area (Å²) in [4.78, 5) is 0. The highest BCUT2D eigenvalue weighted by molar-refractivity contribution is 7.44.